The van der Waals surface area contributed by atoms with E-state index in [-0.39, 0.29) is 5.75 Å². The Kier molecular flexibility index (Phi) is 4.59. The van der Waals surface area contributed by atoms with Gasteiger partial charge in [0.25, 0.3) is 0 Å². The summed E-state index contributed by atoms with van der Waals surface area (Å²) >= 11 is 0. The number of nitrogens with one attached hydrogen (secondary N) is 1. The highest BCUT2D eigenvalue weighted by Crippen LogP contribution is 2.16. The number of aryl methyl sites for hydroxylation is 1. The fourth-order valence-corrected chi connectivity index (χ4v) is 3.49. The minimum absolute atomic E-state index is 0.0915. The molecular weight excluding hydrogens is 266 g/mol. The van der Waals surface area contributed by atoms with Crippen LogP contribution in [-0.2, 0) is 15.8 Å². The Morgan fingerprint density at radius 3 is 2.74 bits per heavy atom. The van der Waals surface area contributed by atoms with Gasteiger partial charge in [0.05, 0.1) is 0 Å². The molecule has 1 saturated heterocycles. The van der Waals surface area contributed by atoms with Crippen LogP contribution in [-0.4, -0.2) is 44.6 Å². The molecule has 1 fully saturated rings. The fraction of sp³-hybridized carbons (Fsp3) is 0.750. The molecule has 0 saturated carbocycles. The molecule has 0 amide bonds. The van der Waals surface area contributed by atoms with E-state index < -0.39 is 10.0 Å². The molecule has 6 nitrogen and oxygen atoms in total. The SMILES string of the molecule is Cc1cc(CS(=O)(=O)N(C)CC2CCNCC2)no1. The van der Waals surface area contributed by atoms with Gasteiger partial charge in [0, 0.05) is 19.7 Å². The third kappa shape index (κ3) is 4.02. The van der Waals surface area contributed by atoms with Crippen molar-refractivity contribution >= 4 is 10.0 Å². The van der Waals surface area contributed by atoms with Crippen molar-refractivity contribution in [2.24, 2.45) is 5.92 Å². The van der Waals surface area contributed by atoms with Crippen LogP contribution in [0.5, 0.6) is 0 Å². The quantitative estimate of drug-likeness (QED) is 0.864. The largest absolute Gasteiger partial charge is 0.361 e. The van der Waals surface area contributed by atoms with Gasteiger partial charge in [0.2, 0.25) is 10.0 Å². The molecule has 1 aromatic rings. The van der Waals surface area contributed by atoms with Crippen LogP contribution in [0.4, 0.5) is 0 Å². The van der Waals surface area contributed by atoms with E-state index in [1.807, 2.05) is 0 Å². The van der Waals surface area contributed by atoms with E-state index in [1.165, 1.54) is 4.31 Å². The Balaban J connectivity index is 1.94. The molecule has 0 spiro atoms. The molecule has 7 heteroatoms. The molecule has 0 bridgehead atoms. The van der Waals surface area contributed by atoms with Crippen molar-refractivity contribution in [3.05, 3.63) is 17.5 Å². The second-order valence-electron chi connectivity index (χ2n) is 5.16. The first-order chi connectivity index (χ1) is 8.97. The van der Waals surface area contributed by atoms with Crippen molar-refractivity contribution < 1.29 is 12.9 Å². The molecule has 0 atom stereocenters. The second kappa shape index (κ2) is 6.02. The van der Waals surface area contributed by atoms with Gasteiger partial charge in [0.1, 0.15) is 17.2 Å². The summed E-state index contributed by atoms with van der Waals surface area (Å²) in [5, 5.41) is 7.02. The fourth-order valence-electron chi connectivity index (χ4n) is 2.32. The zero-order valence-corrected chi connectivity index (χ0v) is 12.2. The van der Waals surface area contributed by atoms with Crippen LogP contribution in [0.25, 0.3) is 0 Å². The summed E-state index contributed by atoms with van der Waals surface area (Å²) in [6.07, 6.45) is 2.06. The highest BCUT2D eigenvalue weighted by Gasteiger charge is 2.24. The number of hydrogen-bond donors (Lipinski definition) is 1. The average Bonchev–Trinajstić information content (AvgIpc) is 2.75. The molecule has 1 aliphatic rings. The summed E-state index contributed by atoms with van der Waals surface area (Å²) in [5.74, 6) is 0.984. The lowest BCUT2D eigenvalue weighted by Gasteiger charge is -2.26. The van der Waals surface area contributed by atoms with Gasteiger partial charge < -0.3 is 9.84 Å². The molecule has 0 radical (unpaired) electrons. The Morgan fingerprint density at radius 1 is 1.47 bits per heavy atom. The number of nitrogens with zero attached hydrogens (tertiary/aromatic N) is 2. The Morgan fingerprint density at radius 2 is 2.16 bits per heavy atom. The van der Waals surface area contributed by atoms with Crippen LogP contribution in [0.15, 0.2) is 10.6 Å². The highest BCUT2D eigenvalue weighted by atomic mass is 32.2. The van der Waals surface area contributed by atoms with E-state index >= 15 is 0 Å². The number of piperidine rings is 1. The number of hydrogen-bond acceptors (Lipinski definition) is 5. The van der Waals surface area contributed by atoms with E-state index in [1.54, 1.807) is 20.0 Å². The predicted molar refractivity (Wildman–Crippen MR) is 72.1 cm³/mol. The van der Waals surface area contributed by atoms with Crippen molar-refractivity contribution in [3.8, 4) is 0 Å². The molecule has 0 unspecified atom stereocenters. The van der Waals surface area contributed by atoms with Crippen LogP contribution in [0, 0.1) is 12.8 Å². The van der Waals surface area contributed by atoms with Crippen LogP contribution in [0.2, 0.25) is 0 Å². The van der Waals surface area contributed by atoms with Crippen molar-refractivity contribution in [1.82, 2.24) is 14.8 Å². The lowest BCUT2D eigenvalue weighted by Crippen LogP contribution is -2.37. The van der Waals surface area contributed by atoms with Gasteiger partial charge in [-0.15, -0.1) is 0 Å². The van der Waals surface area contributed by atoms with E-state index in [0.717, 1.165) is 25.9 Å². The summed E-state index contributed by atoms with van der Waals surface area (Å²) in [4.78, 5) is 0. The first kappa shape index (κ1) is 14.5. The maximum Gasteiger partial charge on any atom is 0.219 e. The smallest absolute Gasteiger partial charge is 0.219 e. The van der Waals surface area contributed by atoms with E-state index in [4.69, 9.17) is 4.52 Å². The first-order valence-electron chi connectivity index (χ1n) is 6.54. The second-order valence-corrected chi connectivity index (χ2v) is 7.23. The molecule has 2 rings (SSSR count). The van der Waals surface area contributed by atoms with Crippen LogP contribution >= 0.6 is 0 Å². The third-order valence-electron chi connectivity index (χ3n) is 3.46. The van der Waals surface area contributed by atoms with E-state index in [9.17, 15) is 8.42 Å². The molecule has 0 aromatic carbocycles. The van der Waals surface area contributed by atoms with E-state index in [0.29, 0.717) is 23.9 Å². The Labute approximate surface area is 114 Å². The molecule has 0 aliphatic carbocycles. The number of sulfonamides is 1. The predicted octanol–water partition coefficient (Wildman–Crippen LogP) is 0.744. The van der Waals surface area contributed by atoms with Crippen molar-refractivity contribution in [2.45, 2.75) is 25.5 Å². The first-order valence-corrected chi connectivity index (χ1v) is 8.15. The summed E-state index contributed by atoms with van der Waals surface area (Å²) in [5.41, 5.74) is 0.467. The van der Waals surface area contributed by atoms with Crippen molar-refractivity contribution in [2.75, 3.05) is 26.7 Å². The normalized spacial score (nSPS) is 18.1. The van der Waals surface area contributed by atoms with Crippen LogP contribution in [0.1, 0.15) is 24.3 Å². The maximum absolute atomic E-state index is 12.2. The summed E-state index contributed by atoms with van der Waals surface area (Å²) in [6.45, 7) is 4.28. The summed E-state index contributed by atoms with van der Waals surface area (Å²) in [6, 6.07) is 1.66. The van der Waals surface area contributed by atoms with Gasteiger partial charge in [-0.25, -0.2) is 12.7 Å². The van der Waals surface area contributed by atoms with Gasteiger partial charge in [-0.3, -0.25) is 0 Å². The van der Waals surface area contributed by atoms with Crippen LogP contribution < -0.4 is 5.32 Å². The van der Waals surface area contributed by atoms with Crippen molar-refractivity contribution in [3.63, 3.8) is 0 Å². The molecule has 19 heavy (non-hydrogen) atoms. The summed E-state index contributed by atoms with van der Waals surface area (Å²) < 4.78 is 30.8. The van der Waals surface area contributed by atoms with Crippen molar-refractivity contribution in [1.29, 1.82) is 0 Å². The molecule has 1 aliphatic heterocycles. The Bertz CT molecular complexity index is 506. The monoisotopic (exact) mass is 287 g/mol. The van der Waals surface area contributed by atoms with Gasteiger partial charge in [0.15, 0.2) is 0 Å². The molecule has 1 aromatic heterocycles. The average molecular weight is 287 g/mol. The van der Waals surface area contributed by atoms with Gasteiger partial charge >= 0.3 is 0 Å². The molecule has 2 heterocycles. The third-order valence-corrected chi connectivity index (χ3v) is 5.22. The lowest BCUT2D eigenvalue weighted by atomic mass is 9.98. The zero-order chi connectivity index (χ0) is 13.9. The zero-order valence-electron chi connectivity index (χ0n) is 11.4. The van der Waals surface area contributed by atoms with E-state index in [2.05, 4.69) is 10.5 Å². The minimum Gasteiger partial charge on any atom is -0.361 e. The molecule has 108 valence electrons. The van der Waals surface area contributed by atoms with Gasteiger partial charge in [-0.2, -0.15) is 0 Å². The maximum atomic E-state index is 12.2. The highest BCUT2D eigenvalue weighted by molar-refractivity contribution is 7.88. The summed E-state index contributed by atoms with van der Waals surface area (Å²) in [7, 11) is -1.67. The van der Waals surface area contributed by atoms with Gasteiger partial charge in [-0.05, 0) is 38.8 Å². The van der Waals surface area contributed by atoms with Gasteiger partial charge in [-0.1, -0.05) is 5.16 Å². The topological polar surface area (TPSA) is 75.4 Å². The number of aromatic nitrogens is 1. The molecular formula is C12H21N3O3S. The molecule has 1 N–H and O–H groups in total. The minimum atomic E-state index is -3.31. The standard InChI is InChI=1S/C12H21N3O3S/c1-10-7-12(14-18-10)9-19(16,17)15(2)8-11-3-5-13-6-4-11/h7,11,13H,3-6,8-9H2,1-2H3. The number of rotatable bonds is 5. The van der Waals surface area contributed by atoms with Crippen LogP contribution in [0.3, 0.4) is 0 Å². The lowest BCUT2D eigenvalue weighted by molar-refractivity contribution is 0.310. The Hall–Kier alpha value is -0.920.